The highest BCUT2D eigenvalue weighted by Gasteiger charge is 2.38. The zero-order chi connectivity index (χ0) is 36.0. The Balaban J connectivity index is 1.41. The zero-order valence-corrected chi connectivity index (χ0v) is 29.4. The first-order valence-corrected chi connectivity index (χ1v) is 17.1. The van der Waals surface area contributed by atoms with Gasteiger partial charge < -0.3 is 29.2 Å². The average Bonchev–Trinajstić information content (AvgIpc) is 3.22. The fourth-order valence-corrected chi connectivity index (χ4v) is 7.72. The van der Waals surface area contributed by atoms with Gasteiger partial charge in [0.05, 0.1) is 28.4 Å². The molecule has 0 radical (unpaired) electrons. The van der Waals surface area contributed by atoms with Gasteiger partial charge in [-0.2, -0.15) is 0 Å². The molecule has 8 aromatic rings. The van der Waals surface area contributed by atoms with Crippen LogP contribution in [-0.4, -0.2) is 38.7 Å². The molecule has 0 fully saturated rings. The Morgan fingerprint density at radius 3 is 0.827 bits per heavy atom. The quantitative estimate of drug-likeness (QED) is 0.110. The van der Waals surface area contributed by atoms with E-state index in [1.807, 2.05) is 109 Å². The Hall–Kier alpha value is -6.08. The molecule has 0 atom stereocenters. The summed E-state index contributed by atoms with van der Waals surface area (Å²) in [6.07, 6.45) is 0. The van der Waals surface area contributed by atoms with Crippen molar-refractivity contribution in [3.63, 3.8) is 0 Å². The van der Waals surface area contributed by atoms with E-state index >= 15 is 0 Å². The largest absolute Gasteiger partial charge is 0.497 e. The van der Waals surface area contributed by atoms with E-state index in [-0.39, 0.29) is 0 Å². The first-order chi connectivity index (χ1) is 25.3. The third-order valence-corrected chi connectivity index (χ3v) is 10.5. The minimum Gasteiger partial charge on any atom is -0.497 e. The molecule has 0 aliphatic rings. The predicted octanol–water partition coefficient (Wildman–Crippen LogP) is 9.19. The van der Waals surface area contributed by atoms with Crippen molar-refractivity contribution in [3.8, 4) is 23.0 Å². The molecule has 0 heterocycles. The molecule has 0 spiro atoms. The van der Waals surface area contributed by atoms with Gasteiger partial charge in [-0.15, -0.1) is 0 Å². The second-order valence-corrected chi connectivity index (χ2v) is 13.0. The number of benzene rings is 8. The van der Waals surface area contributed by atoms with Gasteiger partial charge in [-0.3, -0.25) is 0 Å². The molecule has 0 saturated carbocycles. The van der Waals surface area contributed by atoms with Crippen LogP contribution in [0.2, 0.25) is 0 Å². The smallest absolute Gasteiger partial charge is 0.141 e. The molecule has 0 aliphatic carbocycles. The molecular formula is C46H38O6. The van der Waals surface area contributed by atoms with Crippen LogP contribution in [0.4, 0.5) is 0 Å². The number of rotatable bonds is 10. The summed E-state index contributed by atoms with van der Waals surface area (Å²) in [7, 11) is 6.52. The lowest BCUT2D eigenvalue weighted by Crippen LogP contribution is -2.29. The van der Waals surface area contributed by atoms with Crippen molar-refractivity contribution in [2.24, 2.45) is 0 Å². The van der Waals surface area contributed by atoms with Crippen molar-refractivity contribution in [1.29, 1.82) is 0 Å². The highest BCUT2D eigenvalue weighted by atomic mass is 16.5. The highest BCUT2D eigenvalue weighted by molar-refractivity contribution is 6.24. The molecule has 0 saturated heterocycles. The predicted molar refractivity (Wildman–Crippen MR) is 206 cm³/mol. The zero-order valence-electron chi connectivity index (χ0n) is 29.4. The molecule has 0 aromatic heterocycles. The summed E-state index contributed by atoms with van der Waals surface area (Å²) in [6, 6.07) is 46.7. The standard InChI is InChI=1S/C46H38O6/c1-49-35-17-9-31(10-18-35)45(47,32-11-19-36(50-2)20-12-32)41-27-7-29-6-26-40-42(28-8-30-5-25-39(41)43(29)44(30)40)46(48,33-13-21-37(51-3)22-14-33)34-15-23-38(52-4)24-16-34/h5-28,47-48H,1-4H3. The summed E-state index contributed by atoms with van der Waals surface area (Å²) >= 11 is 0. The van der Waals surface area contributed by atoms with Crippen molar-refractivity contribution < 1.29 is 29.2 Å². The minimum absolute atomic E-state index is 0.697. The van der Waals surface area contributed by atoms with E-state index < -0.39 is 11.2 Å². The summed E-state index contributed by atoms with van der Waals surface area (Å²) in [4.78, 5) is 0. The fourth-order valence-electron chi connectivity index (χ4n) is 7.72. The fraction of sp³-hybridized carbons (Fsp3) is 0.130. The van der Waals surface area contributed by atoms with E-state index in [1.165, 1.54) is 0 Å². The van der Waals surface area contributed by atoms with E-state index in [4.69, 9.17) is 18.9 Å². The van der Waals surface area contributed by atoms with Crippen molar-refractivity contribution in [1.82, 2.24) is 0 Å². The van der Waals surface area contributed by atoms with Crippen LogP contribution in [0.25, 0.3) is 32.3 Å². The van der Waals surface area contributed by atoms with E-state index in [9.17, 15) is 10.2 Å². The van der Waals surface area contributed by atoms with Crippen molar-refractivity contribution in [3.05, 3.63) is 179 Å². The van der Waals surface area contributed by atoms with Gasteiger partial charge >= 0.3 is 0 Å². The first-order valence-electron chi connectivity index (χ1n) is 17.1. The summed E-state index contributed by atoms with van der Waals surface area (Å²) in [5, 5.41) is 32.1. The van der Waals surface area contributed by atoms with Crippen LogP contribution >= 0.6 is 0 Å². The van der Waals surface area contributed by atoms with Gasteiger partial charge in [-0.1, -0.05) is 97.1 Å². The third kappa shape index (κ3) is 5.10. The van der Waals surface area contributed by atoms with E-state index in [0.717, 1.165) is 43.4 Å². The van der Waals surface area contributed by atoms with Crippen LogP contribution in [0.1, 0.15) is 33.4 Å². The molecular weight excluding hydrogens is 648 g/mol. The van der Waals surface area contributed by atoms with Gasteiger partial charge in [-0.25, -0.2) is 0 Å². The summed E-state index contributed by atoms with van der Waals surface area (Å²) in [5.74, 6) is 2.80. The van der Waals surface area contributed by atoms with Gasteiger partial charge in [0.2, 0.25) is 0 Å². The van der Waals surface area contributed by atoms with Crippen LogP contribution in [0, 0.1) is 0 Å². The minimum atomic E-state index is -1.53. The number of hydrogen-bond donors (Lipinski definition) is 2. The normalized spacial score (nSPS) is 12.0. The monoisotopic (exact) mass is 686 g/mol. The lowest BCUT2D eigenvalue weighted by Gasteiger charge is -2.33. The van der Waals surface area contributed by atoms with Gasteiger partial charge in [0.25, 0.3) is 0 Å². The van der Waals surface area contributed by atoms with Gasteiger partial charge in [0, 0.05) is 11.1 Å². The molecule has 8 aromatic carbocycles. The Bertz CT molecular complexity index is 2230. The maximum Gasteiger partial charge on any atom is 0.141 e. The molecule has 8 rings (SSSR count). The second-order valence-electron chi connectivity index (χ2n) is 13.0. The molecule has 0 bridgehead atoms. The molecule has 52 heavy (non-hydrogen) atoms. The number of hydrogen-bond acceptors (Lipinski definition) is 6. The molecule has 6 nitrogen and oxygen atoms in total. The van der Waals surface area contributed by atoms with Crippen molar-refractivity contribution >= 4 is 32.3 Å². The van der Waals surface area contributed by atoms with E-state index in [1.54, 1.807) is 28.4 Å². The van der Waals surface area contributed by atoms with Gasteiger partial charge in [0.15, 0.2) is 0 Å². The molecule has 0 aliphatic heterocycles. The molecule has 2 N–H and O–H groups in total. The van der Waals surface area contributed by atoms with Crippen LogP contribution < -0.4 is 18.9 Å². The topological polar surface area (TPSA) is 77.4 Å². The van der Waals surface area contributed by atoms with Gasteiger partial charge in [0.1, 0.15) is 34.2 Å². The van der Waals surface area contributed by atoms with Crippen LogP contribution in [-0.2, 0) is 11.2 Å². The van der Waals surface area contributed by atoms with Crippen LogP contribution in [0.3, 0.4) is 0 Å². The Kier molecular flexibility index (Phi) is 8.22. The van der Waals surface area contributed by atoms with Gasteiger partial charge in [-0.05, 0) is 103 Å². The average molecular weight is 687 g/mol. The SMILES string of the molecule is COc1ccc(C(O)(c2ccc(OC)cc2)c2ccc3ccc4c(C(O)(c5ccc(OC)cc5)c5ccc(OC)cc5)ccc5ccc2c3c54)cc1. The number of methoxy groups -OCH3 is 4. The highest BCUT2D eigenvalue weighted by Crippen LogP contribution is 2.48. The number of aliphatic hydroxyl groups is 2. The first kappa shape index (κ1) is 33.1. The van der Waals surface area contributed by atoms with E-state index in [2.05, 4.69) is 36.4 Å². The van der Waals surface area contributed by atoms with E-state index in [0.29, 0.717) is 45.3 Å². The molecule has 0 unspecified atom stereocenters. The maximum absolute atomic E-state index is 13.1. The van der Waals surface area contributed by atoms with Crippen molar-refractivity contribution in [2.75, 3.05) is 28.4 Å². The lowest BCUT2D eigenvalue weighted by molar-refractivity contribution is 0.127. The Labute approximate surface area is 302 Å². The lowest BCUT2D eigenvalue weighted by atomic mass is 9.75. The Morgan fingerprint density at radius 1 is 0.327 bits per heavy atom. The summed E-state index contributed by atoms with van der Waals surface area (Å²) in [5.41, 5.74) is 1.19. The maximum atomic E-state index is 13.1. The van der Waals surface area contributed by atoms with Crippen LogP contribution in [0.15, 0.2) is 146 Å². The molecule has 6 heteroatoms. The molecule has 258 valence electrons. The van der Waals surface area contributed by atoms with Crippen molar-refractivity contribution in [2.45, 2.75) is 11.2 Å². The summed E-state index contributed by atoms with van der Waals surface area (Å²) < 4.78 is 21.9. The summed E-state index contributed by atoms with van der Waals surface area (Å²) in [6.45, 7) is 0. The third-order valence-electron chi connectivity index (χ3n) is 10.5. The van der Waals surface area contributed by atoms with Crippen LogP contribution in [0.5, 0.6) is 23.0 Å². The molecule has 0 amide bonds. The number of ether oxygens (including phenoxy) is 4. The Morgan fingerprint density at radius 2 is 0.577 bits per heavy atom. The second kappa shape index (κ2) is 12.9.